The molecule has 0 spiro atoms. The van der Waals surface area contributed by atoms with Crippen LogP contribution in [0.4, 0.5) is 0 Å². The lowest BCUT2D eigenvalue weighted by atomic mass is 10.0. The highest BCUT2D eigenvalue weighted by atomic mass is 127. The molecule has 0 bridgehead atoms. The number of thiazole rings is 1. The Labute approximate surface area is 136 Å². The van der Waals surface area contributed by atoms with E-state index in [1.165, 1.54) is 41.3 Å². The van der Waals surface area contributed by atoms with Crippen LogP contribution >= 0.6 is 35.3 Å². The Morgan fingerprint density at radius 3 is 2.95 bits per heavy atom. The summed E-state index contributed by atoms with van der Waals surface area (Å²) in [5.41, 5.74) is 7.08. The van der Waals surface area contributed by atoms with Gasteiger partial charge in [-0.15, -0.1) is 35.3 Å². The molecule has 0 radical (unpaired) electrons. The lowest BCUT2D eigenvalue weighted by Gasteiger charge is -2.06. The van der Waals surface area contributed by atoms with Crippen molar-refractivity contribution in [3.8, 4) is 0 Å². The fraction of sp³-hybridized carbons (Fsp3) is 0.692. The SMILES string of the molecule is CCCN=C(N)NCCc1nc2c(s1)CCCC2.I. The minimum atomic E-state index is 0. The first-order valence-corrected chi connectivity index (χ1v) is 7.62. The van der Waals surface area contributed by atoms with Gasteiger partial charge in [0, 0.05) is 24.4 Å². The second-order valence-corrected chi connectivity index (χ2v) is 5.80. The van der Waals surface area contributed by atoms with Gasteiger partial charge in [-0.1, -0.05) is 6.92 Å². The van der Waals surface area contributed by atoms with Crippen LogP contribution in [0.5, 0.6) is 0 Å². The Morgan fingerprint density at radius 2 is 2.21 bits per heavy atom. The van der Waals surface area contributed by atoms with Crippen molar-refractivity contribution in [2.24, 2.45) is 10.7 Å². The third-order valence-corrected chi connectivity index (χ3v) is 4.26. The maximum atomic E-state index is 5.74. The Balaban J connectivity index is 0.00000180. The topological polar surface area (TPSA) is 63.3 Å². The van der Waals surface area contributed by atoms with Crippen molar-refractivity contribution in [3.63, 3.8) is 0 Å². The van der Waals surface area contributed by atoms with E-state index in [4.69, 9.17) is 10.7 Å². The molecule has 1 aliphatic rings. The molecule has 0 aliphatic heterocycles. The first-order valence-electron chi connectivity index (χ1n) is 6.81. The van der Waals surface area contributed by atoms with E-state index in [0.717, 1.165) is 25.9 Å². The predicted octanol–water partition coefficient (Wildman–Crippen LogP) is 2.50. The molecule has 4 nitrogen and oxygen atoms in total. The highest BCUT2D eigenvalue weighted by Gasteiger charge is 2.14. The Bertz CT molecular complexity index is 393. The number of aryl methyl sites for hydroxylation is 2. The molecule has 6 heteroatoms. The summed E-state index contributed by atoms with van der Waals surface area (Å²) in [6, 6.07) is 0. The fourth-order valence-corrected chi connectivity index (χ4v) is 3.25. The largest absolute Gasteiger partial charge is 0.370 e. The fourth-order valence-electron chi connectivity index (χ4n) is 2.10. The van der Waals surface area contributed by atoms with Gasteiger partial charge in [-0.25, -0.2) is 4.98 Å². The zero-order valence-electron chi connectivity index (χ0n) is 11.4. The lowest BCUT2D eigenvalue weighted by Crippen LogP contribution is -2.33. The van der Waals surface area contributed by atoms with Gasteiger partial charge < -0.3 is 11.1 Å². The van der Waals surface area contributed by atoms with Crippen LogP contribution in [0.25, 0.3) is 0 Å². The van der Waals surface area contributed by atoms with Crippen LogP contribution < -0.4 is 11.1 Å². The van der Waals surface area contributed by atoms with Crippen LogP contribution in [0.15, 0.2) is 4.99 Å². The average Bonchev–Trinajstić information content (AvgIpc) is 2.79. The van der Waals surface area contributed by atoms with E-state index in [2.05, 4.69) is 17.2 Å². The molecule has 1 aromatic rings. The van der Waals surface area contributed by atoms with Crippen molar-refractivity contribution in [2.45, 2.75) is 45.4 Å². The summed E-state index contributed by atoms with van der Waals surface area (Å²) in [4.78, 5) is 10.4. The van der Waals surface area contributed by atoms with E-state index in [-0.39, 0.29) is 24.0 Å². The number of hydrogen-bond acceptors (Lipinski definition) is 3. The molecule has 3 N–H and O–H groups in total. The first-order chi connectivity index (χ1) is 8.79. The maximum absolute atomic E-state index is 5.74. The number of nitrogens with one attached hydrogen (secondary N) is 1. The van der Waals surface area contributed by atoms with Gasteiger partial charge in [-0.2, -0.15) is 0 Å². The predicted molar refractivity (Wildman–Crippen MR) is 92.7 cm³/mol. The van der Waals surface area contributed by atoms with Crippen molar-refractivity contribution in [1.29, 1.82) is 0 Å². The smallest absolute Gasteiger partial charge is 0.188 e. The Morgan fingerprint density at radius 1 is 1.42 bits per heavy atom. The molecular formula is C13H23IN4S. The number of guanidine groups is 1. The molecule has 1 heterocycles. The maximum Gasteiger partial charge on any atom is 0.188 e. The summed E-state index contributed by atoms with van der Waals surface area (Å²) in [6.45, 7) is 3.71. The molecule has 0 saturated carbocycles. The number of aromatic nitrogens is 1. The number of fused-ring (bicyclic) bond motifs is 1. The van der Waals surface area contributed by atoms with Crippen LogP contribution in [-0.2, 0) is 19.3 Å². The monoisotopic (exact) mass is 394 g/mol. The van der Waals surface area contributed by atoms with E-state index >= 15 is 0 Å². The molecule has 0 atom stereocenters. The van der Waals surface area contributed by atoms with Crippen LogP contribution in [0.2, 0.25) is 0 Å². The van der Waals surface area contributed by atoms with E-state index in [1.807, 2.05) is 11.3 Å². The van der Waals surface area contributed by atoms with Gasteiger partial charge in [0.2, 0.25) is 0 Å². The summed E-state index contributed by atoms with van der Waals surface area (Å²) < 4.78 is 0. The summed E-state index contributed by atoms with van der Waals surface area (Å²) >= 11 is 1.87. The molecule has 0 saturated heterocycles. The molecule has 1 aliphatic carbocycles. The highest BCUT2D eigenvalue weighted by molar-refractivity contribution is 14.0. The van der Waals surface area contributed by atoms with Gasteiger partial charge in [-0.05, 0) is 32.1 Å². The van der Waals surface area contributed by atoms with E-state index in [0.29, 0.717) is 5.96 Å². The third kappa shape index (κ3) is 5.25. The molecule has 2 rings (SSSR count). The van der Waals surface area contributed by atoms with Crippen molar-refractivity contribution in [1.82, 2.24) is 10.3 Å². The molecule has 0 amide bonds. The van der Waals surface area contributed by atoms with E-state index in [1.54, 1.807) is 0 Å². The summed E-state index contributed by atoms with van der Waals surface area (Å²) in [5.74, 6) is 0.554. The van der Waals surface area contributed by atoms with E-state index < -0.39 is 0 Å². The van der Waals surface area contributed by atoms with Crippen LogP contribution in [0, 0.1) is 0 Å². The molecular weight excluding hydrogens is 371 g/mol. The molecule has 0 aromatic carbocycles. The van der Waals surface area contributed by atoms with Crippen LogP contribution in [0.1, 0.15) is 41.8 Å². The first kappa shape index (κ1) is 16.7. The quantitative estimate of drug-likeness (QED) is 0.458. The van der Waals surface area contributed by atoms with Gasteiger partial charge >= 0.3 is 0 Å². The van der Waals surface area contributed by atoms with Crippen LogP contribution in [-0.4, -0.2) is 24.0 Å². The minimum Gasteiger partial charge on any atom is -0.370 e. The zero-order chi connectivity index (χ0) is 12.8. The molecule has 0 unspecified atom stereocenters. The molecule has 108 valence electrons. The van der Waals surface area contributed by atoms with Crippen molar-refractivity contribution < 1.29 is 0 Å². The molecule has 0 fully saturated rings. The molecule has 1 aromatic heterocycles. The average molecular weight is 394 g/mol. The number of halogens is 1. The summed E-state index contributed by atoms with van der Waals surface area (Å²) in [5, 5.41) is 4.37. The molecule has 19 heavy (non-hydrogen) atoms. The number of rotatable bonds is 5. The normalized spacial score (nSPS) is 14.7. The van der Waals surface area contributed by atoms with Crippen molar-refractivity contribution in [3.05, 3.63) is 15.6 Å². The highest BCUT2D eigenvalue weighted by Crippen LogP contribution is 2.26. The van der Waals surface area contributed by atoms with Gasteiger partial charge in [0.25, 0.3) is 0 Å². The number of aliphatic imine (C=N–C) groups is 1. The van der Waals surface area contributed by atoms with E-state index in [9.17, 15) is 0 Å². The standard InChI is InChI=1S/C13H22N4S.HI/c1-2-8-15-13(14)16-9-7-12-17-10-5-3-4-6-11(10)18-12;/h2-9H2,1H3,(H3,14,15,16);1H. The number of hydrogen-bond donors (Lipinski definition) is 2. The van der Waals surface area contributed by atoms with Gasteiger partial charge in [0.15, 0.2) is 5.96 Å². The van der Waals surface area contributed by atoms with Crippen molar-refractivity contribution in [2.75, 3.05) is 13.1 Å². The van der Waals surface area contributed by atoms with Gasteiger partial charge in [0.05, 0.1) is 10.7 Å². The number of nitrogens with two attached hydrogens (primary N) is 1. The second-order valence-electron chi connectivity index (χ2n) is 4.63. The van der Waals surface area contributed by atoms with Gasteiger partial charge in [0.1, 0.15) is 0 Å². The summed E-state index contributed by atoms with van der Waals surface area (Å²) in [7, 11) is 0. The Hall–Kier alpha value is -0.370. The van der Waals surface area contributed by atoms with Gasteiger partial charge in [-0.3, -0.25) is 4.99 Å². The van der Waals surface area contributed by atoms with Crippen molar-refractivity contribution >= 4 is 41.3 Å². The summed E-state index contributed by atoms with van der Waals surface area (Å²) in [6.07, 6.45) is 6.98. The van der Waals surface area contributed by atoms with Crippen LogP contribution in [0.3, 0.4) is 0 Å². The number of nitrogens with zero attached hydrogens (tertiary/aromatic N) is 2. The second kappa shape index (κ2) is 8.73. The zero-order valence-corrected chi connectivity index (χ0v) is 14.6. The third-order valence-electron chi connectivity index (χ3n) is 3.04. The minimum absolute atomic E-state index is 0. The Kier molecular flexibility index (Phi) is 7.67. The lowest BCUT2D eigenvalue weighted by molar-refractivity contribution is 0.680.